The van der Waals surface area contributed by atoms with Crippen molar-refractivity contribution in [3.8, 4) is 11.5 Å². The number of ether oxygens (including phenoxy) is 2. The summed E-state index contributed by atoms with van der Waals surface area (Å²) in [5, 5.41) is 16.4. The summed E-state index contributed by atoms with van der Waals surface area (Å²) in [6.07, 6.45) is 5.57. The first-order valence-electron chi connectivity index (χ1n) is 10.9. The number of benzene rings is 2. The molecule has 2 saturated heterocycles. The van der Waals surface area contributed by atoms with Crippen LogP contribution in [0.15, 0.2) is 30.6 Å². The standard InChI is InChI=1S/C23H23Cl2FN4O3/c24-16-3-4-17(22(26)21(16)25)30-23-15-9-20(33-14-7-12-1-2-13(8-14)29-12)19(32-6-5-31)10-18(15)27-11-28-23/h3-4,9-14,29,31H,1-2,5-8H2,(H,27,28,30)/t12-,13+,14?. The van der Waals surface area contributed by atoms with E-state index < -0.39 is 5.82 Å². The van der Waals surface area contributed by atoms with Crippen LogP contribution >= 0.6 is 23.2 Å². The van der Waals surface area contributed by atoms with Crippen LogP contribution in [-0.2, 0) is 0 Å². The fourth-order valence-electron chi connectivity index (χ4n) is 4.55. The van der Waals surface area contributed by atoms with Gasteiger partial charge in [-0.15, -0.1) is 0 Å². The summed E-state index contributed by atoms with van der Waals surface area (Å²) in [5.74, 6) is 0.754. The van der Waals surface area contributed by atoms with E-state index >= 15 is 0 Å². The van der Waals surface area contributed by atoms with E-state index in [2.05, 4.69) is 20.6 Å². The van der Waals surface area contributed by atoms with E-state index in [4.69, 9.17) is 32.7 Å². The minimum absolute atomic E-state index is 0.0474. The Morgan fingerprint density at radius 1 is 1.12 bits per heavy atom. The lowest BCUT2D eigenvalue weighted by atomic mass is 10.0. The van der Waals surface area contributed by atoms with Gasteiger partial charge in [0.15, 0.2) is 17.3 Å². The molecule has 0 aliphatic carbocycles. The Balaban J connectivity index is 1.50. The lowest BCUT2D eigenvalue weighted by molar-refractivity contribution is 0.128. The SMILES string of the molecule is OCCOc1cc2ncnc(Nc3ccc(Cl)c(Cl)c3F)c2cc1OC1C[C@H]2CC[C@@H](C1)N2. The fraction of sp³-hybridized carbons (Fsp3) is 0.391. The van der Waals surface area contributed by atoms with Gasteiger partial charge in [0, 0.05) is 23.5 Å². The number of rotatable bonds is 7. The molecule has 2 bridgehead atoms. The molecule has 2 aliphatic rings. The topological polar surface area (TPSA) is 88.5 Å². The number of aliphatic hydroxyl groups excluding tert-OH is 1. The molecule has 2 fully saturated rings. The molecule has 7 nitrogen and oxygen atoms in total. The summed E-state index contributed by atoms with van der Waals surface area (Å²) in [5.41, 5.74) is 0.723. The van der Waals surface area contributed by atoms with Gasteiger partial charge in [0.05, 0.1) is 27.9 Å². The number of piperidine rings is 1. The Morgan fingerprint density at radius 3 is 2.67 bits per heavy atom. The first-order valence-corrected chi connectivity index (χ1v) is 11.6. The molecule has 5 rings (SSSR count). The minimum Gasteiger partial charge on any atom is -0.487 e. The van der Waals surface area contributed by atoms with E-state index in [1.807, 2.05) is 0 Å². The molecule has 1 aromatic heterocycles. The number of hydrogen-bond acceptors (Lipinski definition) is 7. The van der Waals surface area contributed by atoms with E-state index in [9.17, 15) is 9.50 Å². The second-order valence-electron chi connectivity index (χ2n) is 8.31. The van der Waals surface area contributed by atoms with Crippen LogP contribution in [0.3, 0.4) is 0 Å². The Hall–Kier alpha value is -2.39. The highest BCUT2D eigenvalue weighted by Gasteiger charge is 2.35. The Bertz CT molecular complexity index is 1170. The van der Waals surface area contributed by atoms with Crippen molar-refractivity contribution in [3.05, 3.63) is 46.5 Å². The molecule has 174 valence electrons. The predicted octanol–water partition coefficient (Wildman–Crippen LogP) is 4.85. The highest BCUT2D eigenvalue weighted by Crippen LogP contribution is 2.39. The summed E-state index contributed by atoms with van der Waals surface area (Å²) in [4.78, 5) is 8.63. The monoisotopic (exact) mass is 492 g/mol. The molecule has 0 radical (unpaired) electrons. The van der Waals surface area contributed by atoms with Gasteiger partial charge in [-0.2, -0.15) is 0 Å². The number of hydrogen-bond donors (Lipinski definition) is 3. The highest BCUT2D eigenvalue weighted by atomic mass is 35.5. The van der Waals surface area contributed by atoms with Gasteiger partial charge in [0.1, 0.15) is 24.9 Å². The number of nitrogens with one attached hydrogen (secondary N) is 2. The summed E-state index contributed by atoms with van der Waals surface area (Å²) in [6, 6.07) is 7.49. The van der Waals surface area contributed by atoms with Gasteiger partial charge < -0.3 is 25.2 Å². The molecule has 0 amide bonds. The molecule has 0 saturated carbocycles. The van der Waals surface area contributed by atoms with Crippen molar-refractivity contribution in [1.82, 2.24) is 15.3 Å². The maximum absolute atomic E-state index is 14.6. The zero-order valence-corrected chi connectivity index (χ0v) is 19.2. The zero-order valence-electron chi connectivity index (χ0n) is 17.7. The molecule has 0 spiro atoms. The average Bonchev–Trinajstić information content (AvgIpc) is 3.16. The molecular weight excluding hydrogens is 470 g/mol. The normalized spacial score (nSPS) is 21.9. The van der Waals surface area contributed by atoms with Crippen LogP contribution in [0.2, 0.25) is 10.0 Å². The van der Waals surface area contributed by atoms with Gasteiger partial charge in [-0.25, -0.2) is 14.4 Å². The predicted molar refractivity (Wildman–Crippen MR) is 125 cm³/mol. The number of anilines is 2. The van der Waals surface area contributed by atoms with E-state index in [1.165, 1.54) is 18.5 Å². The third-order valence-corrected chi connectivity index (χ3v) is 6.84. The van der Waals surface area contributed by atoms with Crippen LogP contribution in [-0.4, -0.2) is 46.5 Å². The van der Waals surface area contributed by atoms with Crippen LogP contribution in [0.4, 0.5) is 15.9 Å². The minimum atomic E-state index is -0.666. The molecule has 33 heavy (non-hydrogen) atoms. The van der Waals surface area contributed by atoms with Crippen LogP contribution < -0.4 is 20.1 Å². The van der Waals surface area contributed by atoms with E-state index in [-0.39, 0.29) is 35.1 Å². The maximum atomic E-state index is 14.6. The smallest absolute Gasteiger partial charge is 0.166 e. The third kappa shape index (κ3) is 4.66. The third-order valence-electron chi connectivity index (χ3n) is 6.06. The number of aliphatic hydroxyl groups is 1. The molecule has 3 aromatic rings. The Kier molecular flexibility index (Phi) is 6.42. The summed E-state index contributed by atoms with van der Waals surface area (Å²) < 4.78 is 26.8. The van der Waals surface area contributed by atoms with Crippen molar-refractivity contribution in [2.24, 2.45) is 0 Å². The van der Waals surface area contributed by atoms with Crippen molar-refractivity contribution in [2.45, 2.75) is 43.9 Å². The quantitative estimate of drug-likeness (QED) is 0.406. The molecule has 2 aromatic carbocycles. The molecule has 3 N–H and O–H groups in total. The molecule has 2 aliphatic heterocycles. The average molecular weight is 493 g/mol. The summed E-state index contributed by atoms with van der Waals surface area (Å²) in [6.45, 7) is 0.00612. The van der Waals surface area contributed by atoms with Crippen LogP contribution in [0.25, 0.3) is 10.9 Å². The van der Waals surface area contributed by atoms with Crippen molar-refractivity contribution < 1.29 is 19.0 Å². The number of aromatic nitrogens is 2. The first-order chi connectivity index (χ1) is 16.0. The molecule has 1 unspecified atom stereocenters. The molecule has 10 heteroatoms. The zero-order chi connectivity index (χ0) is 22.9. The van der Waals surface area contributed by atoms with E-state index in [1.54, 1.807) is 12.1 Å². The van der Waals surface area contributed by atoms with Crippen molar-refractivity contribution in [1.29, 1.82) is 0 Å². The second kappa shape index (κ2) is 9.46. The first kappa shape index (κ1) is 22.4. The molecular formula is C23H23Cl2FN4O3. The largest absolute Gasteiger partial charge is 0.487 e. The van der Waals surface area contributed by atoms with Crippen LogP contribution in [0.5, 0.6) is 11.5 Å². The maximum Gasteiger partial charge on any atom is 0.166 e. The Labute approximate surface area is 200 Å². The van der Waals surface area contributed by atoms with Gasteiger partial charge in [-0.3, -0.25) is 0 Å². The Morgan fingerprint density at radius 2 is 1.91 bits per heavy atom. The second-order valence-corrected chi connectivity index (χ2v) is 9.09. The van der Waals surface area contributed by atoms with E-state index in [0.717, 1.165) is 25.7 Å². The molecule has 3 heterocycles. The van der Waals surface area contributed by atoms with Crippen LogP contribution in [0.1, 0.15) is 25.7 Å². The lowest BCUT2D eigenvalue weighted by Gasteiger charge is -2.30. The van der Waals surface area contributed by atoms with Crippen molar-refractivity contribution in [3.63, 3.8) is 0 Å². The fourth-order valence-corrected chi connectivity index (χ4v) is 4.87. The summed E-state index contributed by atoms with van der Waals surface area (Å²) in [7, 11) is 0. The van der Waals surface area contributed by atoms with Gasteiger partial charge >= 0.3 is 0 Å². The van der Waals surface area contributed by atoms with Crippen molar-refractivity contribution >= 4 is 45.6 Å². The number of fused-ring (bicyclic) bond motifs is 3. The van der Waals surface area contributed by atoms with Gasteiger partial charge in [-0.05, 0) is 43.9 Å². The molecule has 3 atom stereocenters. The van der Waals surface area contributed by atoms with Gasteiger partial charge in [0.2, 0.25) is 0 Å². The van der Waals surface area contributed by atoms with E-state index in [0.29, 0.717) is 40.3 Å². The lowest BCUT2D eigenvalue weighted by Crippen LogP contribution is -2.42. The van der Waals surface area contributed by atoms with Gasteiger partial charge in [-0.1, -0.05) is 23.2 Å². The van der Waals surface area contributed by atoms with Gasteiger partial charge in [0.25, 0.3) is 0 Å². The number of nitrogens with zero attached hydrogens (tertiary/aromatic N) is 2. The van der Waals surface area contributed by atoms with Crippen molar-refractivity contribution in [2.75, 3.05) is 18.5 Å². The van der Waals surface area contributed by atoms with Crippen LogP contribution in [0, 0.1) is 5.82 Å². The highest BCUT2D eigenvalue weighted by molar-refractivity contribution is 6.42. The summed E-state index contributed by atoms with van der Waals surface area (Å²) >= 11 is 11.9. The number of halogens is 3.